The van der Waals surface area contributed by atoms with Crippen molar-refractivity contribution in [1.82, 2.24) is 4.98 Å². The van der Waals surface area contributed by atoms with E-state index in [-0.39, 0.29) is 0 Å². The first-order valence-electron chi connectivity index (χ1n) is 3.49. The summed E-state index contributed by atoms with van der Waals surface area (Å²) in [6, 6.07) is 1.91. The molecule has 0 atom stereocenters. The molecule has 0 bridgehead atoms. The molecule has 0 N–H and O–H groups in total. The predicted octanol–water partition coefficient (Wildman–Crippen LogP) is 2.55. The van der Waals surface area contributed by atoms with Crippen molar-refractivity contribution in [2.45, 2.75) is 13.8 Å². The van der Waals surface area contributed by atoms with Crippen molar-refractivity contribution in [2.24, 2.45) is 0 Å². The molecule has 0 fully saturated rings. The molecule has 0 saturated carbocycles. The summed E-state index contributed by atoms with van der Waals surface area (Å²) >= 11 is 3.34. The van der Waals surface area contributed by atoms with Crippen molar-refractivity contribution in [1.29, 1.82) is 0 Å². The summed E-state index contributed by atoms with van der Waals surface area (Å²) in [7, 11) is 0. The van der Waals surface area contributed by atoms with Gasteiger partial charge in [-0.3, -0.25) is 4.98 Å². The lowest BCUT2D eigenvalue weighted by Crippen LogP contribution is -1.93. The Morgan fingerprint density at radius 1 is 1.64 bits per heavy atom. The minimum Gasteiger partial charge on any atom is -0.493 e. The van der Waals surface area contributed by atoms with Crippen LogP contribution in [0.25, 0.3) is 0 Å². The lowest BCUT2D eigenvalue weighted by molar-refractivity contribution is 0.337. The van der Waals surface area contributed by atoms with E-state index >= 15 is 0 Å². The van der Waals surface area contributed by atoms with Crippen molar-refractivity contribution in [3.8, 4) is 5.75 Å². The average Bonchev–Trinajstić information content (AvgIpc) is 1.98. The summed E-state index contributed by atoms with van der Waals surface area (Å²) in [6.07, 6.45) is 1.75. The largest absolute Gasteiger partial charge is 0.493 e. The van der Waals surface area contributed by atoms with Crippen LogP contribution in [0.1, 0.15) is 12.6 Å². The highest BCUT2D eigenvalue weighted by molar-refractivity contribution is 9.10. The highest BCUT2D eigenvalue weighted by atomic mass is 79.9. The zero-order valence-electron chi connectivity index (χ0n) is 6.60. The van der Waals surface area contributed by atoms with E-state index in [2.05, 4.69) is 20.9 Å². The van der Waals surface area contributed by atoms with Crippen molar-refractivity contribution in [3.63, 3.8) is 0 Å². The van der Waals surface area contributed by atoms with Gasteiger partial charge in [-0.25, -0.2) is 0 Å². The Morgan fingerprint density at radius 3 is 3.00 bits per heavy atom. The maximum absolute atomic E-state index is 5.33. The van der Waals surface area contributed by atoms with Crippen LogP contribution >= 0.6 is 15.9 Å². The summed E-state index contributed by atoms with van der Waals surface area (Å²) in [5, 5.41) is 0. The lowest BCUT2D eigenvalue weighted by atomic mass is 10.3. The third-order valence-corrected chi connectivity index (χ3v) is 1.85. The molecule has 0 unspecified atom stereocenters. The van der Waals surface area contributed by atoms with Crippen LogP contribution in [0, 0.1) is 6.92 Å². The van der Waals surface area contributed by atoms with Gasteiger partial charge >= 0.3 is 0 Å². The Balaban J connectivity index is 2.93. The van der Waals surface area contributed by atoms with Crippen molar-refractivity contribution >= 4 is 15.9 Å². The second-order valence-electron chi connectivity index (χ2n) is 2.19. The third-order valence-electron chi connectivity index (χ3n) is 1.26. The molecule has 1 aromatic rings. The quantitative estimate of drug-likeness (QED) is 0.757. The van der Waals surface area contributed by atoms with Crippen LogP contribution < -0.4 is 4.74 Å². The minimum atomic E-state index is 0.683. The van der Waals surface area contributed by atoms with Gasteiger partial charge in [0.05, 0.1) is 11.1 Å². The summed E-state index contributed by atoms with van der Waals surface area (Å²) in [5.74, 6) is 0.861. The Kier molecular flexibility index (Phi) is 2.88. The van der Waals surface area contributed by atoms with Gasteiger partial charge in [0, 0.05) is 18.0 Å². The molecular weight excluding hydrogens is 206 g/mol. The van der Waals surface area contributed by atoms with E-state index in [4.69, 9.17) is 4.74 Å². The standard InChI is InChI=1S/C8H10BrNO/c1-3-11-8-4-6(2)10-5-7(8)9/h4-5H,3H2,1-2H3. The molecule has 60 valence electrons. The molecule has 2 nitrogen and oxygen atoms in total. The number of aryl methyl sites for hydroxylation is 1. The molecule has 0 aromatic carbocycles. The number of aromatic nitrogens is 1. The molecule has 0 amide bonds. The smallest absolute Gasteiger partial charge is 0.136 e. The fraction of sp³-hybridized carbons (Fsp3) is 0.375. The maximum Gasteiger partial charge on any atom is 0.136 e. The van der Waals surface area contributed by atoms with E-state index in [1.807, 2.05) is 19.9 Å². The molecule has 0 spiro atoms. The first kappa shape index (κ1) is 8.53. The van der Waals surface area contributed by atoms with E-state index < -0.39 is 0 Å². The molecule has 0 saturated heterocycles. The van der Waals surface area contributed by atoms with Crippen LogP contribution in [0.4, 0.5) is 0 Å². The summed E-state index contributed by atoms with van der Waals surface area (Å²) < 4.78 is 6.24. The van der Waals surface area contributed by atoms with Crippen LogP contribution in [0.3, 0.4) is 0 Å². The highest BCUT2D eigenvalue weighted by Gasteiger charge is 1.99. The van der Waals surface area contributed by atoms with E-state index in [9.17, 15) is 0 Å². The number of hydrogen-bond acceptors (Lipinski definition) is 2. The molecule has 0 aliphatic rings. The fourth-order valence-corrected chi connectivity index (χ4v) is 1.12. The van der Waals surface area contributed by atoms with E-state index in [1.54, 1.807) is 6.20 Å². The van der Waals surface area contributed by atoms with E-state index in [0.29, 0.717) is 6.61 Å². The number of halogens is 1. The SMILES string of the molecule is CCOc1cc(C)ncc1Br. The van der Waals surface area contributed by atoms with E-state index in [0.717, 1.165) is 15.9 Å². The van der Waals surface area contributed by atoms with Gasteiger partial charge in [0.1, 0.15) is 5.75 Å². The van der Waals surface area contributed by atoms with Crippen LogP contribution in [0.2, 0.25) is 0 Å². The first-order chi connectivity index (χ1) is 5.24. The number of nitrogens with zero attached hydrogens (tertiary/aromatic N) is 1. The first-order valence-corrected chi connectivity index (χ1v) is 4.28. The monoisotopic (exact) mass is 215 g/mol. The van der Waals surface area contributed by atoms with Crippen LogP contribution in [0.15, 0.2) is 16.7 Å². The fourth-order valence-electron chi connectivity index (χ4n) is 0.784. The summed E-state index contributed by atoms with van der Waals surface area (Å²) in [6.45, 7) is 4.58. The molecule has 1 aromatic heterocycles. The highest BCUT2D eigenvalue weighted by Crippen LogP contribution is 2.23. The normalized spacial score (nSPS) is 9.73. The average molecular weight is 216 g/mol. The maximum atomic E-state index is 5.33. The molecule has 3 heteroatoms. The van der Waals surface area contributed by atoms with Crippen LogP contribution in [-0.4, -0.2) is 11.6 Å². The number of ether oxygens (including phenoxy) is 1. The van der Waals surface area contributed by atoms with Gasteiger partial charge < -0.3 is 4.74 Å². The van der Waals surface area contributed by atoms with Gasteiger partial charge in [-0.1, -0.05) is 0 Å². The third kappa shape index (κ3) is 2.19. The molecule has 1 rings (SSSR count). The molecule has 11 heavy (non-hydrogen) atoms. The van der Waals surface area contributed by atoms with Crippen molar-refractivity contribution < 1.29 is 4.74 Å². The number of rotatable bonds is 2. The van der Waals surface area contributed by atoms with E-state index in [1.165, 1.54) is 0 Å². The second-order valence-corrected chi connectivity index (χ2v) is 3.04. The Labute approximate surface area is 74.7 Å². The molecule has 0 radical (unpaired) electrons. The topological polar surface area (TPSA) is 22.1 Å². The van der Waals surface area contributed by atoms with Gasteiger partial charge in [-0.2, -0.15) is 0 Å². The zero-order chi connectivity index (χ0) is 8.27. The van der Waals surface area contributed by atoms with Gasteiger partial charge in [0.2, 0.25) is 0 Å². The molecule has 0 aliphatic heterocycles. The molecular formula is C8H10BrNO. The van der Waals surface area contributed by atoms with Gasteiger partial charge in [0.15, 0.2) is 0 Å². The summed E-state index contributed by atoms with van der Waals surface area (Å²) in [5.41, 5.74) is 0.969. The van der Waals surface area contributed by atoms with Crippen molar-refractivity contribution in [2.75, 3.05) is 6.61 Å². The lowest BCUT2D eigenvalue weighted by Gasteiger charge is -2.04. The number of pyridine rings is 1. The Bertz CT molecular complexity index is 250. The van der Waals surface area contributed by atoms with Crippen molar-refractivity contribution in [3.05, 3.63) is 22.4 Å². The summed E-state index contributed by atoms with van der Waals surface area (Å²) in [4.78, 5) is 4.09. The zero-order valence-corrected chi connectivity index (χ0v) is 8.18. The number of hydrogen-bond donors (Lipinski definition) is 0. The minimum absolute atomic E-state index is 0.683. The Hall–Kier alpha value is -0.570. The Morgan fingerprint density at radius 2 is 2.36 bits per heavy atom. The van der Waals surface area contributed by atoms with Crippen LogP contribution in [0.5, 0.6) is 5.75 Å². The van der Waals surface area contributed by atoms with Crippen LogP contribution in [-0.2, 0) is 0 Å². The van der Waals surface area contributed by atoms with Gasteiger partial charge in [0.25, 0.3) is 0 Å². The predicted molar refractivity (Wildman–Crippen MR) is 47.8 cm³/mol. The molecule has 1 heterocycles. The second kappa shape index (κ2) is 3.72. The molecule has 0 aliphatic carbocycles. The van der Waals surface area contributed by atoms with Gasteiger partial charge in [-0.05, 0) is 29.8 Å². The van der Waals surface area contributed by atoms with Gasteiger partial charge in [-0.15, -0.1) is 0 Å².